The van der Waals surface area contributed by atoms with Crippen LogP contribution in [-0.2, 0) is 18.9 Å². The van der Waals surface area contributed by atoms with Crippen molar-refractivity contribution in [2.45, 2.75) is 45.1 Å². The predicted octanol–water partition coefficient (Wildman–Crippen LogP) is 3.45. The summed E-state index contributed by atoms with van der Waals surface area (Å²) in [6.07, 6.45) is 3.16. The van der Waals surface area contributed by atoms with Crippen molar-refractivity contribution in [3.63, 3.8) is 0 Å². The van der Waals surface area contributed by atoms with Gasteiger partial charge >= 0.3 is 0 Å². The lowest BCUT2D eigenvalue weighted by Gasteiger charge is -2.19. The first-order chi connectivity index (χ1) is 8.88. The average molecular weight is 278 g/mol. The molecule has 0 aliphatic carbocycles. The minimum Gasteiger partial charge on any atom is -0.388 e. The lowest BCUT2D eigenvalue weighted by Crippen LogP contribution is -2.16. The van der Waals surface area contributed by atoms with Crippen LogP contribution >= 0.6 is 11.3 Å². The molecular formula is C15H22N2OS. The van der Waals surface area contributed by atoms with Gasteiger partial charge in [-0.05, 0) is 24.3 Å². The number of aliphatic hydroxyl groups excluding tert-OH is 1. The highest BCUT2D eigenvalue weighted by atomic mass is 32.1. The van der Waals surface area contributed by atoms with Gasteiger partial charge in [0.05, 0.1) is 11.8 Å². The van der Waals surface area contributed by atoms with Gasteiger partial charge in [0.15, 0.2) is 0 Å². The Bertz CT molecular complexity index is 523. The minimum absolute atomic E-state index is 0.0412. The maximum absolute atomic E-state index is 10.4. The molecule has 0 aromatic carbocycles. The molecule has 104 valence electrons. The van der Waals surface area contributed by atoms with E-state index in [2.05, 4.69) is 43.4 Å². The Labute approximate surface area is 118 Å². The highest BCUT2D eigenvalue weighted by molar-refractivity contribution is 7.09. The fraction of sp³-hybridized carbons (Fsp3) is 0.533. The van der Waals surface area contributed by atoms with Gasteiger partial charge in [-0.15, -0.1) is 11.3 Å². The van der Waals surface area contributed by atoms with Crippen LogP contribution in [0.15, 0.2) is 23.7 Å². The van der Waals surface area contributed by atoms with E-state index in [1.165, 1.54) is 4.88 Å². The Morgan fingerprint density at radius 1 is 1.42 bits per heavy atom. The number of aromatic nitrogens is 2. The van der Waals surface area contributed by atoms with Crippen molar-refractivity contribution in [2.24, 2.45) is 7.05 Å². The fourth-order valence-corrected chi connectivity index (χ4v) is 2.95. The maximum atomic E-state index is 10.4. The summed E-state index contributed by atoms with van der Waals surface area (Å²) in [5.74, 6) is 0. The molecule has 1 N–H and O–H groups in total. The second kappa shape index (κ2) is 5.47. The average Bonchev–Trinajstić information content (AvgIpc) is 2.93. The van der Waals surface area contributed by atoms with Gasteiger partial charge < -0.3 is 5.11 Å². The number of nitrogens with zero attached hydrogens (tertiary/aromatic N) is 2. The summed E-state index contributed by atoms with van der Waals surface area (Å²) in [4.78, 5) is 1.32. The summed E-state index contributed by atoms with van der Waals surface area (Å²) in [6, 6.07) is 4.17. The first kappa shape index (κ1) is 14.3. The summed E-state index contributed by atoms with van der Waals surface area (Å²) in [5.41, 5.74) is 1.92. The molecule has 2 aromatic rings. The van der Waals surface area contributed by atoms with Crippen molar-refractivity contribution in [3.8, 4) is 0 Å². The van der Waals surface area contributed by atoms with Crippen LogP contribution in [0.4, 0.5) is 0 Å². The molecule has 0 radical (unpaired) electrons. The second-order valence-electron chi connectivity index (χ2n) is 5.99. The molecule has 2 aromatic heterocycles. The van der Waals surface area contributed by atoms with E-state index in [4.69, 9.17) is 0 Å². The van der Waals surface area contributed by atoms with Gasteiger partial charge in [-0.3, -0.25) is 4.68 Å². The van der Waals surface area contributed by atoms with Crippen LogP contribution in [0.5, 0.6) is 0 Å². The highest BCUT2D eigenvalue weighted by Crippen LogP contribution is 2.30. The van der Waals surface area contributed by atoms with Gasteiger partial charge in [-0.2, -0.15) is 5.10 Å². The van der Waals surface area contributed by atoms with E-state index < -0.39 is 6.10 Å². The largest absolute Gasteiger partial charge is 0.388 e. The summed E-state index contributed by atoms with van der Waals surface area (Å²) in [6.45, 7) is 6.39. The number of aryl methyl sites for hydroxylation is 2. The van der Waals surface area contributed by atoms with Gasteiger partial charge in [-0.25, -0.2) is 0 Å². The van der Waals surface area contributed by atoms with Gasteiger partial charge in [0.25, 0.3) is 0 Å². The van der Waals surface area contributed by atoms with Crippen molar-refractivity contribution in [3.05, 3.63) is 39.8 Å². The number of thiophene rings is 1. The Morgan fingerprint density at radius 3 is 2.74 bits per heavy atom. The molecule has 1 unspecified atom stereocenters. The molecule has 2 rings (SSSR count). The first-order valence-electron chi connectivity index (χ1n) is 6.62. The Morgan fingerprint density at radius 2 is 2.16 bits per heavy atom. The van der Waals surface area contributed by atoms with Crippen molar-refractivity contribution in [1.82, 2.24) is 9.78 Å². The molecule has 1 atom stereocenters. The summed E-state index contributed by atoms with van der Waals surface area (Å²) >= 11 is 1.74. The fourth-order valence-electron chi connectivity index (χ4n) is 2.22. The zero-order valence-corrected chi connectivity index (χ0v) is 12.9. The number of rotatable bonds is 4. The zero-order valence-electron chi connectivity index (χ0n) is 12.1. The van der Waals surface area contributed by atoms with E-state index in [0.29, 0.717) is 0 Å². The Hall–Kier alpha value is -1.13. The smallest absolute Gasteiger partial charge is 0.0827 e. The van der Waals surface area contributed by atoms with Crippen LogP contribution in [0.3, 0.4) is 0 Å². The monoisotopic (exact) mass is 278 g/mol. The first-order valence-corrected chi connectivity index (χ1v) is 7.50. The molecule has 2 heterocycles. The van der Waals surface area contributed by atoms with Crippen molar-refractivity contribution >= 4 is 11.3 Å². The Kier molecular flexibility index (Phi) is 4.11. The minimum atomic E-state index is -0.440. The lowest BCUT2D eigenvalue weighted by atomic mass is 9.87. The summed E-state index contributed by atoms with van der Waals surface area (Å²) in [7, 11) is 1.91. The van der Waals surface area contributed by atoms with Gasteiger partial charge in [-0.1, -0.05) is 26.8 Å². The quantitative estimate of drug-likeness (QED) is 0.930. The Balaban J connectivity index is 2.12. The van der Waals surface area contributed by atoms with Crippen LogP contribution in [0, 0.1) is 0 Å². The van der Waals surface area contributed by atoms with E-state index in [-0.39, 0.29) is 5.41 Å². The maximum Gasteiger partial charge on any atom is 0.0827 e. The van der Waals surface area contributed by atoms with Crippen LogP contribution in [0.25, 0.3) is 0 Å². The third-order valence-corrected chi connectivity index (χ3v) is 4.11. The second-order valence-corrected chi connectivity index (χ2v) is 7.02. The van der Waals surface area contributed by atoms with Gasteiger partial charge in [0.2, 0.25) is 0 Å². The zero-order chi connectivity index (χ0) is 14.0. The van der Waals surface area contributed by atoms with E-state index in [1.807, 2.05) is 13.2 Å². The molecule has 0 saturated heterocycles. The van der Waals surface area contributed by atoms with Crippen LogP contribution in [-0.4, -0.2) is 14.9 Å². The van der Waals surface area contributed by atoms with E-state index in [0.717, 1.165) is 24.1 Å². The molecule has 3 nitrogen and oxygen atoms in total. The molecule has 4 heteroatoms. The molecule has 0 aliphatic heterocycles. The van der Waals surface area contributed by atoms with E-state index in [9.17, 15) is 5.11 Å². The molecule has 0 saturated carbocycles. The molecule has 0 amide bonds. The topological polar surface area (TPSA) is 38.0 Å². The van der Waals surface area contributed by atoms with Crippen LogP contribution in [0.1, 0.15) is 49.4 Å². The number of hydrogen-bond donors (Lipinski definition) is 1. The summed E-state index contributed by atoms with van der Waals surface area (Å²) in [5, 5.41) is 17.0. The molecular weight excluding hydrogens is 256 g/mol. The highest BCUT2D eigenvalue weighted by Gasteiger charge is 2.25. The lowest BCUT2D eigenvalue weighted by molar-refractivity contribution is 0.165. The standard InChI is InChI=1S/C15H22N2OS/c1-15(2,3)14-12(10-17(4)16-14)13(18)8-7-11-6-5-9-19-11/h5-6,9-10,13,18H,7-8H2,1-4H3. The predicted molar refractivity (Wildman–Crippen MR) is 79.5 cm³/mol. The normalized spacial score (nSPS) is 13.7. The van der Waals surface area contributed by atoms with Crippen LogP contribution in [0.2, 0.25) is 0 Å². The van der Waals surface area contributed by atoms with Crippen molar-refractivity contribution < 1.29 is 5.11 Å². The number of aliphatic hydroxyl groups is 1. The summed E-state index contributed by atoms with van der Waals surface area (Å²) < 4.78 is 1.80. The molecule has 19 heavy (non-hydrogen) atoms. The van der Waals surface area contributed by atoms with Gasteiger partial charge in [0, 0.05) is 29.1 Å². The molecule has 0 aliphatic rings. The number of hydrogen-bond acceptors (Lipinski definition) is 3. The molecule has 0 fully saturated rings. The van der Waals surface area contributed by atoms with E-state index in [1.54, 1.807) is 16.0 Å². The molecule has 0 bridgehead atoms. The van der Waals surface area contributed by atoms with Crippen LogP contribution < -0.4 is 0 Å². The molecule has 0 spiro atoms. The third-order valence-electron chi connectivity index (χ3n) is 3.17. The van der Waals surface area contributed by atoms with Crippen molar-refractivity contribution in [1.29, 1.82) is 0 Å². The third kappa shape index (κ3) is 3.45. The SMILES string of the molecule is Cn1cc(C(O)CCc2cccs2)c(C(C)(C)C)n1. The van der Waals surface area contributed by atoms with Crippen molar-refractivity contribution in [2.75, 3.05) is 0 Å². The van der Waals surface area contributed by atoms with E-state index >= 15 is 0 Å². The van der Waals surface area contributed by atoms with Gasteiger partial charge in [0.1, 0.15) is 0 Å².